The molecule has 32 heavy (non-hydrogen) atoms. The lowest BCUT2D eigenvalue weighted by atomic mass is 9.86. The van der Waals surface area contributed by atoms with E-state index >= 15 is 0 Å². The van der Waals surface area contributed by atoms with Crippen molar-refractivity contribution < 1.29 is 17.9 Å². The number of benzene rings is 2. The highest BCUT2D eigenvalue weighted by molar-refractivity contribution is 7.92. The second kappa shape index (κ2) is 8.31. The largest absolute Gasteiger partial charge is 0.476 e. The number of hydrogen-bond acceptors (Lipinski definition) is 5. The van der Waals surface area contributed by atoms with E-state index in [4.69, 9.17) is 4.74 Å². The summed E-state index contributed by atoms with van der Waals surface area (Å²) >= 11 is 0. The van der Waals surface area contributed by atoms with Crippen LogP contribution in [0.5, 0.6) is 5.75 Å². The van der Waals surface area contributed by atoms with Crippen molar-refractivity contribution in [3.63, 3.8) is 0 Å². The molecule has 2 aromatic carbocycles. The van der Waals surface area contributed by atoms with E-state index < -0.39 is 16.1 Å². The summed E-state index contributed by atoms with van der Waals surface area (Å²) in [6.07, 6.45) is 2.61. The van der Waals surface area contributed by atoms with Crippen LogP contribution in [0, 0.1) is 0 Å². The van der Waals surface area contributed by atoms with Crippen LogP contribution < -0.4 is 19.3 Å². The van der Waals surface area contributed by atoms with Gasteiger partial charge < -0.3 is 15.0 Å². The predicted molar refractivity (Wildman–Crippen MR) is 128 cm³/mol. The van der Waals surface area contributed by atoms with Gasteiger partial charge in [0.1, 0.15) is 5.75 Å². The van der Waals surface area contributed by atoms with Crippen molar-refractivity contribution in [2.45, 2.75) is 45.1 Å². The third-order valence-corrected chi connectivity index (χ3v) is 7.14. The Balaban J connectivity index is 1.54. The first kappa shape index (κ1) is 22.5. The molecule has 8 heteroatoms. The fraction of sp³-hybridized carbons (Fsp3) is 0.458. The van der Waals surface area contributed by atoms with Crippen molar-refractivity contribution in [3.05, 3.63) is 48.0 Å². The highest BCUT2D eigenvalue weighted by Crippen LogP contribution is 2.38. The van der Waals surface area contributed by atoms with Crippen LogP contribution in [-0.4, -0.2) is 46.3 Å². The molecule has 2 heterocycles. The van der Waals surface area contributed by atoms with Gasteiger partial charge in [0.15, 0.2) is 6.10 Å². The fourth-order valence-corrected chi connectivity index (χ4v) is 5.03. The molecule has 1 saturated heterocycles. The lowest BCUT2D eigenvalue weighted by molar-refractivity contribution is -0.122. The van der Waals surface area contributed by atoms with Crippen LogP contribution in [0.2, 0.25) is 0 Å². The van der Waals surface area contributed by atoms with E-state index in [9.17, 15) is 13.2 Å². The minimum absolute atomic E-state index is 0.0723. The number of nitrogens with zero attached hydrogens (tertiary/aromatic N) is 2. The number of ether oxygens (including phenoxy) is 1. The van der Waals surface area contributed by atoms with Crippen LogP contribution in [0.4, 0.5) is 17.1 Å². The van der Waals surface area contributed by atoms with Crippen molar-refractivity contribution in [1.82, 2.24) is 0 Å². The summed E-state index contributed by atoms with van der Waals surface area (Å²) in [5.74, 6) is 0.0114. The first-order valence-electron chi connectivity index (χ1n) is 11.0. The number of carbonyl (C=O) groups is 1. The molecule has 0 aliphatic carbocycles. The van der Waals surface area contributed by atoms with E-state index in [2.05, 4.69) is 31.0 Å². The average molecular weight is 458 g/mol. The van der Waals surface area contributed by atoms with E-state index in [1.165, 1.54) is 17.1 Å². The number of nitrogens with one attached hydrogen (secondary N) is 1. The molecule has 2 aromatic rings. The first-order valence-corrected chi connectivity index (χ1v) is 12.8. The second-order valence-corrected chi connectivity index (χ2v) is 11.5. The van der Waals surface area contributed by atoms with Gasteiger partial charge in [-0.25, -0.2) is 8.42 Å². The van der Waals surface area contributed by atoms with Crippen molar-refractivity contribution in [3.8, 4) is 5.75 Å². The van der Waals surface area contributed by atoms with Crippen molar-refractivity contribution >= 4 is 33.0 Å². The van der Waals surface area contributed by atoms with Crippen LogP contribution in [0.15, 0.2) is 42.5 Å². The minimum Gasteiger partial charge on any atom is -0.476 e. The zero-order valence-electron chi connectivity index (χ0n) is 19.1. The number of sulfonamides is 1. The topological polar surface area (TPSA) is 79.0 Å². The summed E-state index contributed by atoms with van der Waals surface area (Å²) in [5.41, 5.74) is 3.12. The Morgan fingerprint density at radius 2 is 1.72 bits per heavy atom. The SMILES string of the molecule is CC(C)(C)c1ccc2c(c1)N(S(C)(=O)=O)CC(C(=O)Nc1ccc(N3CCCC3)cc1)O2. The highest BCUT2D eigenvalue weighted by atomic mass is 32.2. The summed E-state index contributed by atoms with van der Waals surface area (Å²) < 4.78 is 32.3. The molecule has 7 nitrogen and oxygen atoms in total. The molecule has 0 saturated carbocycles. The third-order valence-electron chi connectivity index (χ3n) is 5.99. The van der Waals surface area contributed by atoms with Crippen molar-refractivity contribution in [2.24, 2.45) is 0 Å². The number of anilines is 3. The van der Waals surface area contributed by atoms with E-state index in [0.29, 0.717) is 17.1 Å². The molecule has 1 unspecified atom stereocenters. The van der Waals surface area contributed by atoms with Crippen molar-refractivity contribution in [1.29, 1.82) is 0 Å². The van der Waals surface area contributed by atoms with Gasteiger partial charge >= 0.3 is 0 Å². The summed E-state index contributed by atoms with van der Waals surface area (Å²) in [6.45, 7) is 8.23. The predicted octanol–water partition coefficient (Wildman–Crippen LogP) is 3.75. The van der Waals surface area contributed by atoms with Gasteiger partial charge in [-0.3, -0.25) is 9.10 Å². The maximum Gasteiger partial charge on any atom is 0.267 e. The van der Waals surface area contributed by atoms with Gasteiger partial charge in [-0.2, -0.15) is 0 Å². The zero-order valence-corrected chi connectivity index (χ0v) is 19.9. The average Bonchev–Trinajstić information content (AvgIpc) is 3.26. The maximum atomic E-state index is 12.9. The van der Waals surface area contributed by atoms with Gasteiger partial charge in [-0.15, -0.1) is 0 Å². The molecule has 1 fully saturated rings. The van der Waals surface area contributed by atoms with Gasteiger partial charge in [0.25, 0.3) is 5.91 Å². The molecule has 2 aliphatic heterocycles. The van der Waals surface area contributed by atoms with E-state index in [1.807, 2.05) is 36.4 Å². The monoisotopic (exact) mass is 457 g/mol. The van der Waals surface area contributed by atoms with Crippen molar-refractivity contribution in [2.75, 3.05) is 40.4 Å². The van der Waals surface area contributed by atoms with Gasteiger partial charge in [-0.1, -0.05) is 26.8 Å². The van der Waals surface area contributed by atoms with E-state index in [-0.39, 0.29) is 17.9 Å². The fourth-order valence-electron chi connectivity index (χ4n) is 4.12. The van der Waals surface area contributed by atoms with Crippen LogP contribution in [-0.2, 0) is 20.2 Å². The van der Waals surface area contributed by atoms with Crippen LogP contribution in [0.25, 0.3) is 0 Å². The number of rotatable bonds is 4. The number of carbonyl (C=O) groups excluding carboxylic acids is 1. The Morgan fingerprint density at radius 3 is 2.31 bits per heavy atom. The molecule has 4 rings (SSSR count). The molecule has 0 bridgehead atoms. The molecule has 2 aliphatic rings. The first-order chi connectivity index (χ1) is 15.0. The highest BCUT2D eigenvalue weighted by Gasteiger charge is 2.36. The smallest absolute Gasteiger partial charge is 0.267 e. The lowest BCUT2D eigenvalue weighted by Crippen LogP contribution is -2.48. The quantitative estimate of drug-likeness (QED) is 0.757. The molecular weight excluding hydrogens is 426 g/mol. The van der Waals surface area contributed by atoms with E-state index in [1.54, 1.807) is 6.07 Å². The number of amides is 1. The van der Waals surface area contributed by atoms with Gasteiger partial charge in [0.2, 0.25) is 10.0 Å². The molecule has 172 valence electrons. The standard InChI is InChI=1S/C24H31N3O4S/c1-24(2,3)17-7-12-21-20(15-17)27(32(4,29)30)16-22(31-21)23(28)25-18-8-10-19(11-9-18)26-13-5-6-14-26/h7-12,15,22H,5-6,13-14,16H2,1-4H3,(H,25,28). The normalized spacial score (nSPS) is 18.8. The Morgan fingerprint density at radius 1 is 1.06 bits per heavy atom. The third kappa shape index (κ3) is 4.70. The molecule has 1 N–H and O–H groups in total. The zero-order chi connectivity index (χ0) is 23.1. The number of hydrogen-bond donors (Lipinski definition) is 1. The van der Waals surface area contributed by atoms with E-state index in [0.717, 1.165) is 30.6 Å². The lowest BCUT2D eigenvalue weighted by Gasteiger charge is -2.35. The molecule has 0 aromatic heterocycles. The Hall–Kier alpha value is -2.74. The molecular formula is C24H31N3O4S. The van der Waals surface area contributed by atoms with Crippen LogP contribution in [0.1, 0.15) is 39.2 Å². The van der Waals surface area contributed by atoms with Gasteiger partial charge in [-0.05, 0) is 60.2 Å². The maximum absolute atomic E-state index is 12.9. The summed E-state index contributed by atoms with van der Waals surface area (Å²) in [7, 11) is -3.59. The van der Waals surface area contributed by atoms with Gasteiger partial charge in [0.05, 0.1) is 18.5 Å². The number of fused-ring (bicyclic) bond motifs is 1. The minimum atomic E-state index is -3.59. The summed E-state index contributed by atoms with van der Waals surface area (Å²) in [5, 5.41) is 2.86. The Labute approximate surface area is 190 Å². The van der Waals surface area contributed by atoms with Crippen LogP contribution in [0.3, 0.4) is 0 Å². The van der Waals surface area contributed by atoms with Gasteiger partial charge in [0, 0.05) is 24.5 Å². The van der Waals surface area contributed by atoms with Crippen LogP contribution >= 0.6 is 0 Å². The summed E-state index contributed by atoms with van der Waals surface area (Å²) in [6, 6.07) is 13.2. The summed E-state index contributed by atoms with van der Waals surface area (Å²) in [4.78, 5) is 15.3. The molecule has 0 spiro atoms. The molecule has 1 atom stereocenters. The Kier molecular flexibility index (Phi) is 5.83. The molecule has 1 amide bonds. The Bertz CT molecular complexity index is 1100. The molecule has 0 radical (unpaired) electrons. The second-order valence-electron chi connectivity index (χ2n) is 9.56.